The van der Waals surface area contributed by atoms with E-state index in [0.717, 1.165) is 65.1 Å². The van der Waals surface area contributed by atoms with Crippen LogP contribution in [0.1, 0.15) is 17.0 Å². The molecule has 54 heavy (non-hydrogen) atoms. The fourth-order valence-corrected chi connectivity index (χ4v) is 5.62. The van der Waals surface area contributed by atoms with E-state index in [-0.39, 0.29) is 18.9 Å². The van der Waals surface area contributed by atoms with Gasteiger partial charge in [-0.25, -0.2) is 9.97 Å². The summed E-state index contributed by atoms with van der Waals surface area (Å²) >= 11 is 0. The molecule has 0 saturated carbocycles. The summed E-state index contributed by atoms with van der Waals surface area (Å²) in [6.45, 7) is 4.82. The van der Waals surface area contributed by atoms with Crippen molar-refractivity contribution in [3.05, 3.63) is 109 Å². The molecule has 7 rings (SSSR count). The molecule has 3 N–H and O–H groups in total. The van der Waals surface area contributed by atoms with Crippen LogP contribution < -0.4 is 30.3 Å². The number of benzene rings is 3. The minimum atomic E-state index is -0.537. The molecule has 2 aliphatic heterocycles. The van der Waals surface area contributed by atoms with Crippen molar-refractivity contribution in [2.45, 2.75) is 19.7 Å². The number of aromatic nitrogens is 4. The van der Waals surface area contributed by atoms with Crippen molar-refractivity contribution in [2.24, 2.45) is 14.1 Å². The number of rotatable bonds is 11. The molecule has 9 radical (unpaired) electrons. The second-order valence-electron chi connectivity index (χ2n) is 12.9. The number of fused-ring (bicyclic) bond motifs is 2. The second-order valence-corrected chi connectivity index (χ2v) is 12.9. The van der Waals surface area contributed by atoms with Crippen molar-refractivity contribution >= 4 is 79.4 Å². The predicted octanol–water partition coefficient (Wildman–Crippen LogP) is 1.71. The monoisotopic (exact) mass is 713 g/mol. The zero-order chi connectivity index (χ0) is 38.5. The minimum Gasteiger partial charge on any atom is -0.490 e. The maximum atomic E-state index is 12.3. The van der Waals surface area contributed by atoms with Gasteiger partial charge >= 0.3 is 0 Å². The first-order valence-electron chi connectivity index (χ1n) is 17.5. The predicted molar refractivity (Wildman–Crippen MR) is 222 cm³/mol. The van der Waals surface area contributed by atoms with Crippen LogP contribution in [0.3, 0.4) is 0 Å². The Morgan fingerprint density at radius 3 is 1.96 bits per heavy atom. The van der Waals surface area contributed by atoms with Crippen molar-refractivity contribution in [2.75, 3.05) is 53.8 Å². The number of carbonyl (C=O) groups excluding carboxylic acids is 1. The Hall–Kier alpha value is -5.04. The third-order valence-corrected chi connectivity index (χ3v) is 8.38. The molecule has 0 spiro atoms. The number of nitrogen functional groups attached to an aromatic ring is 1. The van der Waals surface area contributed by atoms with Crippen LogP contribution in [0.5, 0.6) is 11.5 Å². The zero-order valence-electron chi connectivity index (χ0n) is 30.8. The van der Waals surface area contributed by atoms with Gasteiger partial charge in [-0.2, -0.15) is 0 Å². The Labute approximate surface area is 324 Å². The molecule has 0 bridgehead atoms. The van der Waals surface area contributed by atoms with Crippen molar-refractivity contribution in [3.8, 4) is 11.5 Å². The largest absolute Gasteiger partial charge is 0.490 e. The topological polar surface area (TPSA) is 125 Å². The SMILES string of the molecule is Cn1cnc(CN2CCOc3ccc(N)cc32)c1.Cn1cnc(CN2CCOc3ccc(NC(=O)COCc4ccccc4)cc32)c1.[B][B]B([B])B([B])[B]. The lowest BCUT2D eigenvalue weighted by atomic mass is 8.76. The van der Waals surface area contributed by atoms with Crippen LogP contribution in [-0.4, -0.2) is 109 Å². The van der Waals surface area contributed by atoms with Crippen LogP contribution in [0.15, 0.2) is 91.8 Å². The molecule has 0 fully saturated rings. The Bertz CT molecular complexity index is 1930. The smallest absolute Gasteiger partial charge is 0.250 e. The number of imidazole rings is 2. The molecule has 5 aromatic rings. The van der Waals surface area contributed by atoms with Crippen molar-refractivity contribution < 1.29 is 19.0 Å². The molecule has 0 atom stereocenters. The lowest BCUT2D eigenvalue weighted by Crippen LogP contribution is -2.43. The van der Waals surface area contributed by atoms with Gasteiger partial charge < -0.3 is 44.2 Å². The zero-order valence-corrected chi connectivity index (χ0v) is 30.8. The van der Waals surface area contributed by atoms with E-state index in [0.29, 0.717) is 32.1 Å². The number of nitrogens with one attached hydrogen (secondary N) is 1. The van der Waals surface area contributed by atoms with Gasteiger partial charge in [0.25, 0.3) is 0 Å². The molecule has 2 aromatic heterocycles. The van der Waals surface area contributed by atoms with Gasteiger partial charge in [0, 0.05) is 88.6 Å². The van der Waals surface area contributed by atoms with E-state index < -0.39 is 6.39 Å². The van der Waals surface area contributed by atoms with E-state index in [1.165, 1.54) is 7.06 Å². The molecular weight excluding hydrogens is 672 g/mol. The fraction of sp³-hybridized carbons (Fsp3) is 0.286. The Morgan fingerprint density at radius 2 is 1.44 bits per heavy atom. The number of nitrogens with zero attached hydrogens (tertiary/aromatic N) is 6. The average Bonchev–Trinajstić information content (AvgIpc) is 3.78. The van der Waals surface area contributed by atoms with Crippen LogP contribution in [0.25, 0.3) is 0 Å². The molecule has 19 heteroatoms. The van der Waals surface area contributed by atoms with Crippen LogP contribution >= 0.6 is 0 Å². The van der Waals surface area contributed by atoms with E-state index in [1.54, 1.807) is 6.33 Å². The van der Waals surface area contributed by atoms with Crippen molar-refractivity contribution in [1.82, 2.24) is 19.1 Å². The van der Waals surface area contributed by atoms with E-state index in [2.05, 4.69) is 25.1 Å². The van der Waals surface area contributed by atoms with Gasteiger partial charge in [0.15, 0.2) is 0 Å². The standard InChI is InChI=1S/C22H24N4O3.C13H16N4O.B7/c1-25-12-19(23-16-25)13-26-9-10-29-21-8-7-18(11-20(21)26)24-22(27)15-28-14-17-5-3-2-4-6-17;1-16-7-11(15-9-16)8-17-4-5-18-13-3-2-10(14)6-12(13)17;1-5-7(4)6(2)3/h2-8,11-12,16H,9-10,13-15H2,1H3,(H,24,27);2-3,6-7,9H,4-5,8,14H2,1H3;. The van der Waals surface area contributed by atoms with Gasteiger partial charge in [-0.1, -0.05) is 30.3 Å². The summed E-state index contributed by atoms with van der Waals surface area (Å²) in [5.74, 6) is 1.52. The summed E-state index contributed by atoms with van der Waals surface area (Å²) in [5.41, 5.74) is 12.4. The first kappa shape index (κ1) is 40.2. The lowest BCUT2D eigenvalue weighted by molar-refractivity contribution is -0.121. The van der Waals surface area contributed by atoms with Crippen LogP contribution in [0.2, 0.25) is 0 Å². The summed E-state index contributed by atoms with van der Waals surface area (Å²) in [4.78, 5) is 25.5. The molecule has 2 aliphatic rings. The molecule has 0 aliphatic carbocycles. The van der Waals surface area contributed by atoms with E-state index in [1.807, 2.05) is 109 Å². The van der Waals surface area contributed by atoms with Gasteiger partial charge in [-0.3, -0.25) is 4.79 Å². The molecule has 4 heterocycles. The third-order valence-electron chi connectivity index (χ3n) is 8.38. The summed E-state index contributed by atoms with van der Waals surface area (Å²) < 4.78 is 20.8. The number of ether oxygens (including phenoxy) is 3. The summed E-state index contributed by atoms with van der Waals surface area (Å²) in [6, 6.07) is 21.2. The number of amides is 1. The Morgan fingerprint density at radius 1 is 0.870 bits per heavy atom. The highest BCUT2D eigenvalue weighted by Crippen LogP contribution is 2.35. The molecule has 1 amide bonds. The van der Waals surface area contributed by atoms with E-state index in [9.17, 15) is 4.79 Å². The number of carbonyl (C=O) groups is 1. The fourth-order valence-electron chi connectivity index (χ4n) is 5.62. The first-order chi connectivity index (χ1) is 26.1. The minimum absolute atomic E-state index is 0.000128. The van der Waals surface area contributed by atoms with Crippen molar-refractivity contribution in [3.63, 3.8) is 0 Å². The quantitative estimate of drug-likeness (QED) is 0.156. The highest BCUT2D eigenvalue weighted by Gasteiger charge is 2.21. The molecule has 265 valence electrons. The van der Waals surface area contributed by atoms with Gasteiger partial charge in [-0.05, 0) is 42.0 Å². The maximum Gasteiger partial charge on any atom is 0.250 e. The van der Waals surface area contributed by atoms with Crippen LogP contribution in [-0.2, 0) is 43.3 Å². The van der Waals surface area contributed by atoms with E-state index in [4.69, 9.17) is 50.9 Å². The highest BCUT2D eigenvalue weighted by molar-refractivity contribution is 7.81. The molecular formula is C35H40B7N8O4. The molecule has 0 unspecified atom stereocenters. The van der Waals surface area contributed by atoms with Gasteiger partial charge in [0.05, 0.1) is 68.2 Å². The van der Waals surface area contributed by atoms with Crippen molar-refractivity contribution in [1.29, 1.82) is 0 Å². The molecule has 0 saturated heterocycles. The van der Waals surface area contributed by atoms with E-state index >= 15 is 0 Å². The number of hydrogen-bond acceptors (Lipinski definition) is 9. The second kappa shape index (κ2) is 19.9. The Kier molecular flexibility index (Phi) is 14.8. The summed E-state index contributed by atoms with van der Waals surface area (Å²) in [5, 5.41) is 2.90. The number of anilines is 4. The summed E-state index contributed by atoms with van der Waals surface area (Å²) in [6.07, 6.45) is 6.72. The average molecular weight is 712 g/mol. The maximum absolute atomic E-state index is 12.3. The Balaban J connectivity index is 0.000000190. The van der Waals surface area contributed by atoms with Gasteiger partial charge in [0.1, 0.15) is 31.3 Å². The lowest BCUT2D eigenvalue weighted by Gasteiger charge is -2.31. The van der Waals surface area contributed by atoms with Gasteiger partial charge in [0.2, 0.25) is 5.91 Å². The normalized spacial score (nSPS) is 12.6. The van der Waals surface area contributed by atoms with Gasteiger partial charge in [-0.15, -0.1) is 0 Å². The third kappa shape index (κ3) is 12.0. The van der Waals surface area contributed by atoms with Crippen LogP contribution in [0, 0.1) is 0 Å². The molecule has 3 aromatic carbocycles. The van der Waals surface area contributed by atoms with Crippen LogP contribution in [0.4, 0.5) is 22.7 Å². The number of aryl methyl sites for hydroxylation is 2. The molecule has 12 nitrogen and oxygen atoms in total. The number of hydrogen-bond donors (Lipinski definition) is 2. The highest BCUT2D eigenvalue weighted by atomic mass is 16.5. The number of nitrogens with two attached hydrogens (primary N) is 1. The summed E-state index contributed by atoms with van der Waals surface area (Å²) in [7, 11) is 25.5. The first-order valence-corrected chi connectivity index (χ1v) is 17.5.